The summed E-state index contributed by atoms with van der Waals surface area (Å²) in [6, 6.07) is 3.29. The van der Waals surface area contributed by atoms with Crippen LogP contribution in [0.3, 0.4) is 0 Å². The molecule has 0 saturated heterocycles. The number of ether oxygens (including phenoxy) is 1. The molecular formula is C13H18BrCl2NO2. The molecule has 0 fully saturated rings. The summed E-state index contributed by atoms with van der Waals surface area (Å²) in [6.45, 7) is 6.70. The van der Waals surface area contributed by atoms with Gasteiger partial charge >= 0.3 is 0 Å². The van der Waals surface area contributed by atoms with Crippen LogP contribution in [0.5, 0.6) is 5.75 Å². The zero-order valence-electron chi connectivity index (χ0n) is 11.1. The first-order chi connectivity index (χ1) is 8.69. The van der Waals surface area contributed by atoms with E-state index in [1.807, 2.05) is 20.8 Å². The van der Waals surface area contributed by atoms with Gasteiger partial charge in [-0.2, -0.15) is 0 Å². The Labute approximate surface area is 132 Å². The molecule has 0 amide bonds. The van der Waals surface area contributed by atoms with Gasteiger partial charge in [0.1, 0.15) is 18.5 Å². The third kappa shape index (κ3) is 6.32. The highest BCUT2D eigenvalue weighted by Crippen LogP contribution is 2.34. The summed E-state index contributed by atoms with van der Waals surface area (Å²) in [5, 5.41) is 14.0. The van der Waals surface area contributed by atoms with Crippen molar-refractivity contribution in [2.24, 2.45) is 0 Å². The van der Waals surface area contributed by atoms with Gasteiger partial charge in [-0.05, 0) is 42.8 Å². The second kappa shape index (κ2) is 7.14. The van der Waals surface area contributed by atoms with E-state index in [-0.39, 0.29) is 12.1 Å². The van der Waals surface area contributed by atoms with E-state index in [9.17, 15) is 5.11 Å². The largest absolute Gasteiger partial charge is 0.489 e. The number of aliphatic hydroxyl groups is 1. The van der Waals surface area contributed by atoms with Gasteiger partial charge in [-0.15, -0.1) is 0 Å². The van der Waals surface area contributed by atoms with Crippen molar-refractivity contribution in [3.63, 3.8) is 0 Å². The van der Waals surface area contributed by atoms with Crippen molar-refractivity contribution in [2.75, 3.05) is 13.2 Å². The third-order valence-electron chi connectivity index (χ3n) is 2.27. The van der Waals surface area contributed by atoms with Gasteiger partial charge < -0.3 is 15.2 Å². The first-order valence-electron chi connectivity index (χ1n) is 5.89. The smallest absolute Gasteiger partial charge is 0.139 e. The van der Waals surface area contributed by atoms with E-state index in [0.717, 1.165) is 0 Å². The maximum atomic E-state index is 9.82. The number of hydrogen-bond donors (Lipinski definition) is 2. The molecule has 0 aromatic heterocycles. The molecule has 2 N–H and O–H groups in total. The van der Waals surface area contributed by atoms with E-state index in [2.05, 4.69) is 21.2 Å². The highest BCUT2D eigenvalue weighted by molar-refractivity contribution is 9.10. The molecule has 0 saturated carbocycles. The van der Waals surface area contributed by atoms with Crippen LogP contribution in [0, 0.1) is 0 Å². The maximum Gasteiger partial charge on any atom is 0.139 e. The van der Waals surface area contributed by atoms with Crippen LogP contribution in [-0.2, 0) is 0 Å². The first-order valence-corrected chi connectivity index (χ1v) is 7.44. The van der Waals surface area contributed by atoms with Crippen LogP contribution in [0.2, 0.25) is 10.0 Å². The van der Waals surface area contributed by atoms with Gasteiger partial charge in [-0.1, -0.05) is 23.2 Å². The summed E-state index contributed by atoms with van der Waals surface area (Å²) >= 11 is 15.3. The van der Waals surface area contributed by atoms with Gasteiger partial charge in [-0.3, -0.25) is 0 Å². The highest BCUT2D eigenvalue weighted by Gasteiger charge is 2.14. The molecule has 108 valence electrons. The average Bonchev–Trinajstić information content (AvgIpc) is 2.28. The predicted octanol–water partition coefficient (Wildman–Crippen LogP) is 3.88. The lowest BCUT2D eigenvalue weighted by atomic mass is 10.1. The molecule has 6 heteroatoms. The minimum absolute atomic E-state index is 0.0421. The second-order valence-electron chi connectivity index (χ2n) is 5.29. The Morgan fingerprint density at radius 3 is 2.53 bits per heavy atom. The Bertz CT molecular complexity index is 435. The second-order valence-corrected chi connectivity index (χ2v) is 6.96. The monoisotopic (exact) mass is 369 g/mol. The van der Waals surface area contributed by atoms with Crippen molar-refractivity contribution < 1.29 is 9.84 Å². The maximum absolute atomic E-state index is 9.82. The van der Waals surface area contributed by atoms with E-state index in [4.69, 9.17) is 27.9 Å². The molecule has 3 nitrogen and oxygen atoms in total. The van der Waals surface area contributed by atoms with E-state index in [1.165, 1.54) is 0 Å². The standard InChI is InChI=1S/C13H18BrCl2NO2/c1-13(2,3)17-6-8(18)7-19-12-5-10(15)9(14)4-11(12)16/h4-5,8,17-18H,6-7H2,1-3H3. The van der Waals surface area contributed by atoms with Gasteiger partial charge in [-0.25, -0.2) is 0 Å². The Kier molecular flexibility index (Phi) is 6.40. The Morgan fingerprint density at radius 2 is 1.95 bits per heavy atom. The summed E-state index contributed by atoms with van der Waals surface area (Å²) in [4.78, 5) is 0. The van der Waals surface area contributed by atoms with Crippen LogP contribution < -0.4 is 10.1 Å². The summed E-state index contributed by atoms with van der Waals surface area (Å²) in [6.07, 6.45) is -0.613. The molecular weight excluding hydrogens is 353 g/mol. The molecule has 0 bridgehead atoms. The highest BCUT2D eigenvalue weighted by atomic mass is 79.9. The average molecular weight is 371 g/mol. The van der Waals surface area contributed by atoms with Gasteiger partial charge in [0.25, 0.3) is 0 Å². The fourth-order valence-electron chi connectivity index (χ4n) is 1.28. The number of nitrogens with one attached hydrogen (secondary N) is 1. The van der Waals surface area contributed by atoms with Crippen LogP contribution in [0.1, 0.15) is 20.8 Å². The third-order valence-corrected chi connectivity index (χ3v) is 3.77. The molecule has 0 aliphatic heterocycles. The van der Waals surface area contributed by atoms with Crippen LogP contribution in [0.4, 0.5) is 0 Å². The molecule has 1 rings (SSSR count). The fraction of sp³-hybridized carbons (Fsp3) is 0.538. The van der Waals surface area contributed by atoms with Gasteiger partial charge in [0.2, 0.25) is 0 Å². The molecule has 0 aliphatic rings. The van der Waals surface area contributed by atoms with Crippen molar-refractivity contribution in [3.8, 4) is 5.75 Å². The van der Waals surface area contributed by atoms with Crippen molar-refractivity contribution >= 4 is 39.1 Å². The van der Waals surface area contributed by atoms with Crippen LogP contribution >= 0.6 is 39.1 Å². The number of β-amino-alcohol motifs (C(OH)–C–C–N with tert-alkyl or cyclic N) is 1. The molecule has 1 aromatic rings. The van der Waals surface area contributed by atoms with Crippen molar-refractivity contribution in [1.29, 1.82) is 0 Å². The van der Waals surface area contributed by atoms with Crippen molar-refractivity contribution in [3.05, 3.63) is 26.7 Å². The lowest BCUT2D eigenvalue weighted by Gasteiger charge is -2.23. The summed E-state index contributed by atoms with van der Waals surface area (Å²) in [7, 11) is 0. The Morgan fingerprint density at radius 1 is 1.32 bits per heavy atom. The number of benzene rings is 1. The summed E-state index contributed by atoms with van der Waals surface area (Å²) in [5.74, 6) is 0.463. The molecule has 1 atom stereocenters. The quantitative estimate of drug-likeness (QED) is 0.772. The van der Waals surface area contributed by atoms with Crippen molar-refractivity contribution in [1.82, 2.24) is 5.32 Å². The normalized spacial score (nSPS) is 13.4. The minimum atomic E-state index is -0.613. The SMILES string of the molecule is CC(C)(C)NCC(O)COc1cc(Cl)c(Br)cc1Cl. The number of hydrogen-bond acceptors (Lipinski definition) is 3. The Balaban J connectivity index is 2.51. The molecule has 0 aliphatic carbocycles. The fourth-order valence-corrected chi connectivity index (χ4v) is 2.13. The number of rotatable bonds is 5. The lowest BCUT2D eigenvalue weighted by Crippen LogP contribution is -2.42. The number of aliphatic hydroxyl groups excluding tert-OH is 1. The molecule has 19 heavy (non-hydrogen) atoms. The predicted molar refractivity (Wildman–Crippen MR) is 83.4 cm³/mol. The Hall–Kier alpha value is -0.0000000000000000555. The van der Waals surface area contributed by atoms with E-state index in [1.54, 1.807) is 12.1 Å². The molecule has 1 unspecified atom stereocenters. The van der Waals surface area contributed by atoms with Gasteiger partial charge in [0, 0.05) is 22.6 Å². The lowest BCUT2D eigenvalue weighted by molar-refractivity contribution is 0.100. The minimum Gasteiger partial charge on any atom is -0.489 e. The van der Waals surface area contributed by atoms with Crippen LogP contribution in [-0.4, -0.2) is 29.9 Å². The van der Waals surface area contributed by atoms with Crippen molar-refractivity contribution in [2.45, 2.75) is 32.4 Å². The topological polar surface area (TPSA) is 41.5 Å². The van der Waals surface area contributed by atoms with E-state index >= 15 is 0 Å². The molecule has 1 aromatic carbocycles. The molecule has 0 spiro atoms. The zero-order valence-corrected chi connectivity index (χ0v) is 14.2. The van der Waals surface area contributed by atoms with Gasteiger partial charge in [0.05, 0.1) is 10.0 Å². The van der Waals surface area contributed by atoms with Gasteiger partial charge in [0.15, 0.2) is 0 Å². The number of halogens is 3. The molecule has 0 heterocycles. The van der Waals surface area contributed by atoms with E-state index < -0.39 is 6.10 Å². The van der Waals surface area contributed by atoms with Crippen LogP contribution in [0.15, 0.2) is 16.6 Å². The van der Waals surface area contributed by atoms with Crippen LogP contribution in [0.25, 0.3) is 0 Å². The zero-order chi connectivity index (χ0) is 14.6. The van der Waals surface area contributed by atoms with E-state index in [0.29, 0.717) is 26.8 Å². The molecule has 0 radical (unpaired) electrons. The summed E-state index contributed by atoms with van der Waals surface area (Å²) < 4.78 is 6.18. The summed E-state index contributed by atoms with van der Waals surface area (Å²) in [5.41, 5.74) is -0.0421. The first kappa shape index (κ1) is 17.1.